The van der Waals surface area contributed by atoms with Crippen LogP contribution in [0.3, 0.4) is 0 Å². The second-order valence-corrected chi connectivity index (χ2v) is 3.92. The quantitative estimate of drug-likeness (QED) is 0.750. The zero-order valence-electron chi connectivity index (χ0n) is 10.8. The zero-order valence-corrected chi connectivity index (χ0v) is 10.8. The monoisotopic (exact) mass is 249 g/mol. The van der Waals surface area contributed by atoms with Crippen molar-refractivity contribution in [2.24, 2.45) is 0 Å². The molecule has 1 aromatic rings. The number of carbonyl (C=O) groups excluding carboxylic acids is 1. The smallest absolute Gasteiger partial charge is 0.338 e. The van der Waals surface area contributed by atoms with Gasteiger partial charge in [-0.1, -0.05) is 13.0 Å². The number of ether oxygens (including phenoxy) is 1. The maximum absolute atomic E-state index is 11.7. The fraction of sp³-hybridized carbons (Fsp3) is 0.429. The van der Waals surface area contributed by atoms with Crippen molar-refractivity contribution in [1.29, 1.82) is 0 Å². The van der Waals surface area contributed by atoms with E-state index in [9.17, 15) is 9.90 Å². The van der Waals surface area contributed by atoms with Crippen molar-refractivity contribution in [3.63, 3.8) is 0 Å². The molecule has 1 atom stereocenters. The van der Waals surface area contributed by atoms with Crippen molar-refractivity contribution in [2.45, 2.75) is 32.3 Å². The first kappa shape index (κ1) is 14.6. The van der Waals surface area contributed by atoms with Gasteiger partial charge in [0, 0.05) is 24.7 Å². The van der Waals surface area contributed by atoms with Gasteiger partial charge in [-0.15, -0.1) is 0 Å². The number of aliphatic hydroxyl groups is 1. The van der Waals surface area contributed by atoms with Gasteiger partial charge in [-0.05, 0) is 31.9 Å². The van der Waals surface area contributed by atoms with Crippen LogP contribution in [-0.4, -0.2) is 28.3 Å². The highest BCUT2D eigenvalue weighted by molar-refractivity contribution is 5.81. The maximum atomic E-state index is 11.7. The fourth-order valence-electron chi connectivity index (χ4n) is 1.60. The van der Waals surface area contributed by atoms with E-state index in [1.54, 1.807) is 26.0 Å². The maximum Gasteiger partial charge on any atom is 0.338 e. The molecule has 0 aliphatic carbocycles. The van der Waals surface area contributed by atoms with Gasteiger partial charge in [-0.25, -0.2) is 4.79 Å². The molecule has 0 fully saturated rings. The van der Waals surface area contributed by atoms with Crippen LogP contribution < -0.4 is 0 Å². The van der Waals surface area contributed by atoms with Gasteiger partial charge in [-0.2, -0.15) is 0 Å². The number of esters is 1. The summed E-state index contributed by atoms with van der Waals surface area (Å²) >= 11 is 0. The topological polar surface area (TPSA) is 59.4 Å². The van der Waals surface area contributed by atoms with Crippen LogP contribution in [-0.2, 0) is 9.53 Å². The molecule has 4 heteroatoms. The van der Waals surface area contributed by atoms with Crippen LogP contribution in [0.25, 0.3) is 0 Å². The number of pyridine rings is 1. The Morgan fingerprint density at radius 3 is 2.83 bits per heavy atom. The largest absolute Gasteiger partial charge is 0.464 e. The highest BCUT2D eigenvalue weighted by Crippen LogP contribution is 2.21. The Hall–Kier alpha value is -1.42. The summed E-state index contributed by atoms with van der Waals surface area (Å²) in [6.07, 6.45) is 5.70. The molecule has 18 heavy (non-hydrogen) atoms. The van der Waals surface area contributed by atoms with Crippen molar-refractivity contribution < 1.29 is 14.6 Å². The molecule has 0 saturated carbocycles. The average molecular weight is 249 g/mol. The van der Waals surface area contributed by atoms with Gasteiger partial charge in [0.05, 0.1) is 6.61 Å². The van der Waals surface area contributed by atoms with Gasteiger partial charge < -0.3 is 9.84 Å². The van der Waals surface area contributed by atoms with E-state index < -0.39 is 11.6 Å². The number of rotatable bonds is 7. The molecular formula is C14H19NO3. The number of aromatic nitrogens is 1. The Kier molecular flexibility index (Phi) is 5.78. The molecule has 0 bridgehead atoms. The summed E-state index contributed by atoms with van der Waals surface area (Å²) in [5.41, 5.74) is -0.841. The Morgan fingerprint density at radius 2 is 2.28 bits per heavy atom. The van der Waals surface area contributed by atoms with Gasteiger partial charge in [0.25, 0.3) is 0 Å². The van der Waals surface area contributed by atoms with E-state index in [4.69, 9.17) is 4.74 Å². The van der Waals surface area contributed by atoms with Crippen molar-refractivity contribution in [3.05, 3.63) is 42.9 Å². The van der Waals surface area contributed by atoms with Crippen LogP contribution in [0.15, 0.2) is 24.4 Å². The number of hydrogen-bond acceptors (Lipinski definition) is 4. The van der Waals surface area contributed by atoms with E-state index in [0.717, 1.165) is 5.69 Å². The van der Waals surface area contributed by atoms with E-state index in [1.165, 1.54) is 0 Å². The average Bonchev–Trinajstić information content (AvgIpc) is 2.38. The Bertz CT molecular complexity index is 367. The summed E-state index contributed by atoms with van der Waals surface area (Å²) in [5.74, 6) is -0.612. The van der Waals surface area contributed by atoms with Crippen molar-refractivity contribution in [3.8, 4) is 0 Å². The summed E-state index contributed by atoms with van der Waals surface area (Å²) in [6, 6.07) is 5.48. The molecular weight excluding hydrogens is 230 g/mol. The molecule has 0 aromatic carbocycles. The minimum atomic E-state index is -1.57. The molecule has 0 saturated heterocycles. The molecule has 0 aliphatic rings. The molecule has 0 aliphatic heterocycles. The summed E-state index contributed by atoms with van der Waals surface area (Å²) in [7, 11) is 0. The third-order valence-corrected chi connectivity index (χ3v) is 2.48. The molecule has 4 nitrogen and oxygen atoms in total. The predicted molar refractivity (Wildman–Crippen MR) is 68.4 cm³/mol. The number of carbonyl (C=O) groups is 1. The highest BCUT2D eigenvalue weighted by atomic mass is 16.5. The molecule has 1 rings (SSSR count). The predicted octanol–water partition coefficient (Wildman–Crippen LogP) is 1.93. The van der Waals surface area contributed by atoms with Gasteiger partial charge >= 0.3 is 5.97 Å². The minimum Gasteiger partial charge on any atom is -0.464 e. The zero-order chi connectivity index (χ0) is 13.4. The first-order valence-electron chi connectivity index (χ1n) is 6.10. The number of hydrogen-bond donors (Lipinski definition) is 1. The molecule has 1 N–H and O–H groups in total. The van der Waals surface area contributed by atoms with E-state index in [0.29, 0.717) is 6.42 Å². The van der Waals surface area contributed by atoms with Gasteiger partial charge in [-0.3, -0.25) is 4.98 Å². The standard InChI is InChI=1S/C14H19NO3/c1-3-9-14(17,13(16)18-4-2)10-8-12-7-5-6-11-15-12/h5-9,11,17H,3-4,10H2,1-2H3. The van der Waals surface area contributed by atoms with Crippen LogP contribution in [0.1, 0.15) is 32.4 Å². The van der Waals surface area contributed by atoms with Crippen LogP contribution in [0.5, 0.6) is 0 Å². The molecule has 0 amide bonds. The first-order valence-corrected chi connectivity index (χ1v) is 6.10. The van der Waals surface area contributed by atoms with Crippen LogP contribution >= 0.6 is 0 Å². The Morgan fingerprint density at radius 1 is 1.50 bits per heavy atom. The minimum absolute atomic E-state index is 0.163. The van der Waals surface area contributed by atoms with Crippen molar-refractivity contribution >= 4 is 5.97 Å². The second kappa shape index (κ2) is 7.11. The lowest BCUT2D eigenvalue weighted by molar-refractivity contribution is -0.161. The van der Waals surface area contributed by atoms with Crippen molar-refractivity contribution in [2.75, 3.05) is 6.61 Å². The third-order valence-electron chi connectivity index (χ3n) is 2.48. The normalized spacial score (nSPS) is 13.9. The third kappa shape index (κ3) is 4.11. The lowest BCUT2D eigenvalue weighted by Gasteiger charge is -2.24. The second-order valence-electron chi connectivity index (χ2n) is 3.92. The molecule has 1 heterocycles. The Balaban J connectivity index is 2.65. The van der Waals surface area contributed by atoms with Gasteiger partial charge in [0.2, 0.25) is 0 Å². The van der Waals surface area contributed by atoms with Crippen LogP contribution in [0.2, 0.25) is 0 Å². The van der Waals surface area contributed by atoms with Crippen LogP contribution in [0, 0.1) is 12.8 Å². The summed E-state index contributed by atoms with van der Waals surface area (Å²) in [6.45, 7) is 3.83. The van der Waals surface area contributed by atoms with E-state index in [1.807, 2.05) is 25.1 Å². The van der Waals surface area contributed by atoms with E-state index >= 15 is 0 Å². The fourth-order valence-corrected chi connectivity index (χ4v) is 1.60. The molecule has 1 unspecified atom stereocenters. The lowest BCUT2D eigenvalue weighted by Crippen LogP contribution is -2.40. The van der Waals surface area contributed by atoms with E-state index in [-0.39, 0.29) is 13.0 Å². The van der Waals surface area contributed by atoms with Gasteiger partial charge in [0.1, 0.15) is 0 Å². The van der Waals surface area contributed by atoms with Crippen LogP contribution in [0.4, 0.5) is 0 Å². The lowest BCUT2D eigenvalue weighted by atomic mass is 9.91. The Labute approximate surface area is 108 Å². The first-order chi connectivity index (χ1) is 8.62. The molecule has 1 aromatic heterocycles. The molecule has 98 valence electrons. The highest BCUT2D eigenvalue weighted by Gasteiger charge is 2.36. The molecule has 2 radical (unpaired) electrons. The summed E-state index contributed by atoms with van der Waals surface area (Å²) in [5, 5.41) is 10.3. The number of nitrogens with zero attached hydrogens (tertiary/aromatic N) is 1. The molecule has 0 spiro atoms. The van der Waals surface area contributed by atoms with Gasteiger partial charge in [0.15, 0.2) is 5.60 Å². The summed E-state index contributed by atoms with van der Waals surface area (Å²) in [4.78, 5) is 15.8. The SMILES string of the molecule is CC[CH]C(O)(C[CH]c1ccccn1)C(=O)OCC. The summed E-state index contributed by atoms with van der Waals surface area (Å²) < 4.78 is 4.89. The van der Waals surface area contributed by atoms with E-state index in [2.05, 4.69) is 4.98 Å². The van der Waals surface area contributed by atoms with Crippen molar-refractivity contribution in [1.82, 2.24) is 4.98 Å².